The summed E-state index contributed by atoms with van der Waals surface area (Å²) in [6.07, 6.45) is 0. The van der Waals surface area contributed by atoms with Crippen molar-refractivity contribution < 1.29 is 9.72 Å². The van der Waals surface area contributed by atoms with Gasteiger partial charge in [0, 0.05) is 32.5 Å². The van der Waals surface area contributed by atoms with Crippen molar-refractivity contribution in [3.63, 3.8) is 0 Å². The molecule has 0 heterocycles. The van der Waals surface area contributed by atoms with Gasteiger partial charge in [0.2, 0.25) is 0 Å². The van der Waals surface area contributed by atoms with Crippen molar-refractivity contribution in [1.29, 1.82) is 0 Å². The number of nitrogens with zero attached hydrogens (tertiary/aromatic N) is 1. The highest BCUT2D eigenvalue weighted by Crippen LogP contribution is 2.33. The van der Waals surface area contributed by atoms with Crippen LogP contribution in [0.2, 0.25) is 5.02 Å². The van der Waals surface area contributed by atoms with Gasteiger partial charge in [-0.15, -0.1) is 0 Å². The molecule has 102 valence electrons. The first-order chi connectivity index (χ1) is 9.47. The van der Waals surface area contributed by atoms with Crippen LogP contribution >= 0.6 is 23.4 Å². The molecular formula is C14H10ClNO3S. The minimum Gasteiger partial charge on any atom is -0.294 e. The Bertz CT molecular complexity index is 671. The van der Waals surface area contributed by atoms with E-state index in [4.69, 9.17) is 11.6 Å². The molecule has 2 aromatic carbocycles. The van der Waals surface area contributed by atoms with Crippen molar-refractivity contribution in [2.24, 2.45) is 0 Å². The summed E-state index contributed by atoms with van der Waals surface area (Å²) in [6.45, 7) is 1.39. The number of nitro benzene ring substituents is 1. The fourth-order valence-corrected chi connectivity index (χ4v) is 2.73. The lowest BCUT2D eigenvalue weighted by Crippen LogP contribution is -1.97. The largest absolute Gasteiger partial charge is 0.294 e. The van der Waals surface area contributed by atoms with E-state index in [0.717, 1.165) is 4.90 Å². The summed E-state index contributed by atoms with van der Waals surface area (Å²) < 4.78 is 0. The van der Waals surface area contributed by atoms with Gasteiger partial charge in [-0.05, 0) is 37.3 Å². The SMILES string of the molecule is CC(=O)c1cc([N+](=O)[O-])ccc1Sc1ccc(Cl)cc1. The Kier molecular flexibility index (Phi) is 4.42. The Balaban J connectivity index is 2.38. The molecule has 0 radical (unpaired) electrons. The second-order valence-corrected chi connectivity index (χ2v) is 5.60. The van der Waals surface area contributed by atoms with E-state index < -0.39 is 4.92 Å². The van der Waals surface area contributed by atoms with Gasteiger partial charge < -0.3 is 0 Å². The van der Waals surface area contributed by atoms with E-state index in [1.165, 1.54) is 30.8 Å². The van der Waals surface area contributed by atoms with E-state index in [1.807, 2.05) is 12.1 Å². The summed E-state index contributed by atoms with van der Waals surface area (Å²) in [5, 5.41) is 11.4. The molecule has 0 aromatic heterocycles. The topological polar surface area (TPSA) is 60.2 Å². The molecule has 0 N–H and O–H groups in total. The van der Waals surface area contributed by atoms with E-state index in [0.29, 0.717) is 15.5 Å². The van der Waals surface area contributed by atoms with Crippen molar-refractivity contribution in [1.82, 2.24) is 0 Å². The van der Waals surface area contributed by atoms with Gasteiger partial charge in [0.05, 0.1) is 4.92 Å². The molecule has 0 saturated carbocycles. The third kappa shape index (κ3) is 3.37. The Labute approximate surface area is 124 Å². The Morgan fingerprint density at radius 2 is 1.85 bits per heavy atom. The van der Waals surface area contributed by atoms with E-state index in [1.54, 1.807) is 18.2 Å². The van der Waals surface area contributed by atoms with Crippen molar-refractivity contribution in [3.8, 4) is 0 Å². The summed E-state index contributed by atoms with van der Waals surface area (Å²) in [4.78, 5) is 23.5. The van der Waals surface area contributed by atoms with Gasteiger partial charge in [-0.3, -0.25) is 14.9 Å². The molecule has 0 aliphatic rings. The van der Waals surface area contributed by atoms with Crippen LogP contribution in [0.15, 0.2) is 52.3 Å². The van der Waals surface area contributed by atoms with Gasteiger partial charge in [-0.1, -0.05) is 23.4 Å². The number of hydrogen-bond acceptors (Lipinski definition) is 4. The molecule has 20 heavy (non-hydrogen) atoms. The Morgan fingerprint density at radius 3 is 2.40 bits per heavy atom. The zero-order valence-corrected chi connectivity index (χ0v) is 12.1. The fraction of sp³-hybridized carbons (Fsp3) is 0.0714. The monoisotopic (exact) mass is 307 g/mol. The number of hydrogen-bond donors (Lipinski definition) is 0. The quantitative estimate of drug-likeness (QED) is 0.470. The number of ketones is 1. The van der Waals surface area contributed by atoms with Crippen molar-refractivity contribution in [2.75, 3.05) is 0 Å². The molecule has 0 saturated heterocycles. The smallest absolute Gasteiger partial charge is 0.270 e. The Hall–Kier alpha value is -1.85. The standard InChI is InChI=1S/C14H10ClNO3S/c1-9(17)13-8-11(16(18)19)4-7-14(13)20-12-5-2-10(15)3-6-12/h2-8H,1H3. The molecule has 0 aliphatic heterocycles. The minimum atomic E-state index is -0.511. The lowest BCUT2D eigenvalue weighted by Gasteiger charge is -2.06. The maximum atomic E-state index is 11.6. The van der Waals surface area contributed by atoms with Gasteiger partial charge in [-0.2, -0.15) is 0 Å². The fourth-order valence-electron chi connectivity index (χ4n) is 1.63. The highest BCUT2D eigenvalue weighted by atomic mass is 35.5. The van der Waals surface area contributed by atoms with E-state index in [2.05, 4.69) is 0 Å². The van der Waals surface area contributed by atoms with Gasteiger partial charge in [-0.25, -0.2) is 0 Å². The number of nitro groups is 1. The number of rotatable bonds is 4. The molecule has 2 rings (SSSR count). The molecule has 0 aliphatic carbocycles. The third-order valence-corrected chi connectivity index (χ3v) is 3.93. The number of carbonyl (C=O) groups is 1. The van der Waals surface area contributed by atoms with Crippen LogP contribution in [0.3, 0.4) is 0 Å². The van der Waals surface area contributed by atoms with Crippen molar-refractivity contribution in [2.45, 2.75) is 16.7 Å². The lowest BCUT2D eigenvalue weighted by atomic mass is 10.1. The second kappa shape index (κ2) is 6.07. The first-order valence-corrected chi connectivity index (χ1v) is 6.89. The van der Waals surface area contributed by atoms with Crippen molar-refractivity contribution >= 4 is 34.8 Å². The normalized spacial score (nSPS) is 10.3. The third-order valence-electron chi connectivity index (χ3n) is 2.59. The van der Waals surface area contributed by atoms with Crippen LogP contribution in [0.25, 0.3) is 0 Å². The number of carbonyl (C=O) groups excluding carboxylic acids is 1. The predicted molar refractivity (Wildman–Crippen MR) is 78.7 cm³/mol. The summed E-state index contributed by atoms with van der Waals surface area (Å²) in [6, 6.07) is 11.5. The van der Waals surface area contributed by atoms with Crippen LogP contribution in [0.5, 0.6) is 0 Å². The van der Waals surface area contributed by atoms with Gasteiger partial charge in [0.15, 0.2) is 5.78 Å². The van der Waals surface area contributed by atoms with E-state index in [-0.39, 0.29) is 11.5 Å². The summed E-state index contributed by atoms with van der Waals surface area (Å²) in [5.74, 6) is -0.204. The Morgan fingerprint density at radius 1 is 1.20 bits per heavy atom. The van der Waals surface area contributed by atoms with Crippen LogP contribution in [0.1, 0.15) is 17.3 Å². The second-order valence-electron chi connectivity index (χ2n) is 4.05. The number of Topliss-reactive ketones (excluding diaryl/α,β-unsaturated/α-hetero) is 1. The highest BCUT2D eigenvalue weighted by molar-refractivity contribution is 7.99. The maximum Gasteiger partial charge on any atom is 0.270 e. The van der Waals surface area contributed by atoms with Crippen LogP contribution in [0, 0.1) is 10.1 Å². The van der Waals surface area contributed by atoms with Crippen LogP contribution < -0.4 is 0 Å². The maximum absolute atomic E-state index is 11.6. The lowest BCUT2D eigenvalue weighted by molar-refractivity contribution is -0.384. The van der Waals surface area contributed by atoms with Crippen LogP contribution in [-0.4, -0.2) is 10.7 Å². The first-order valence-electron chi connectivity index (χ1n) is 5.70. The molecule has 0 bridgehead atoms. The average Bonchev–Trinajstić information content (AvgIpc) is 2.41. The zero-order chi connectivity index (χ0) is 14.7. The average molecular weight is 308 g/mol. The van der Waals surface area contributed by atoms with Crippen molar-refractivity contribution in [3.05, 3.63) is 63.2 Å². The van der Waals surface area contributed by atoms with E-state index in [9.17, 15) is 14.9 Å². The molecule has 2 aromatic rings. The van der Waals surface area contributed by atoms with Crippen LogP contribution in [0.4, 0.5) is 5.69 Å². The number of benzene rings is 2. The van der Waals surface area contributed by atoms with Crippen LogP contribution in [-0.2, 0) is 0 Å². The minimum absolute atomic E-state index is 0.0874. The number of non-ortho nitro benzene ring substituents is 1. The first kappa shape index (κ1) is 14.6. The van der Waals surface area contributed by atoms with E-state index >= 15 is 0 Å². The summed E-state index contributed by atoms with van der Waals surface area (Å²) in [7, 11) is 0. The molecule has 0 fully saturated rings. The van der Waals surface area contributed by atoms with Gasteiger partial charge >= 0.3 is 0 Å². The van der Waals surface area contributed by atoms with Gasteiger partial charge in [0.1, 0.15) is 0 Å². The molecule has 4 nitrogen and oxygen atoms in total. The molecule has 0 unspecified atom stereocenters. The molecular weight excluding hydrogens is 298 g/mol. The summed E-state index contributed by atoms with van der Waals surface area (Å²) >= 11 is 7.18. The molecule has 0 spiro atoms. The predicted octanol–water partition coefficient (Wildman–Crippen LogP) is 4.60. The molecule has 6 heteroatoms. The number of halogens is 1. The molecule has 0 atom stereocenters. The zero-order valence-electron chi connectivity index (χ0n) is 10.5. The summed E-state index contributed by atoms with van der Waals surface area (Å²) in [5.41, 5.74) is 0.259. The molecule has 0 amide bonds. The van der Waals surface area contributed by atoms with Gasteiger partial charge in [0.25, 0.3) is 5.69 Å². The highest BCUT2D eigenvalue weighted by Gasteiger charge is 2.14.